The van der Waals surface area contributed by atoms with E-state index in [1.54, 1.807) is 24.3 Å². The van der Waals surface area contributed by atoms with Crippen LogP contribution >= 0.6 is 0 Å². The molecule has 0 spiro atoms. The van der Waals surface area contributed by atoms with Crippen molar-refractivity contribution in [3.63, 3.8) is 0 Å². The smallest absolute Gasteiger partial charge is 0.326 e. The van der Waals surface area contributed by atoms with E-state index in [9.17, 15) is 39.0 Å². The molecule has 6 atom stereocenters. The van der Waals surface area contributed by atoms with Gasteiger partial charge in [0.25, 0.3) is 0 Å². The van der Waals surface area contributed by atoms with Gasteiger partial charge >= 0.3 is 5.97 Å². The van der Waals surface area contributed by atoms with E-state index in [4.69, 9.17) is 17.2 Å². The summed E-state index contributed by atoms with van der Waals surface area (Å²) in [5, 5.41) is 32.7. The van der Waals surface area contributed by atoms with E-state index in [0.717, 1.165) is 0 Å². The number of hydrogen-bond donors (Lipinski definition) is 10. The van der Waals surface area contributed by atoms with Crippen LogP contribution in [0.25, 0.3) is 0 Å². The highest BCUT2D eigenvalue weighted by Crippen LogP contribution is 2.13. The van der Waals surface area contributed by atoms with E-state index in [1.807, 2.05) is 13.8 Å². The van der Waals surface area contributed by atoms with Gasteiger partial charge in [0.2, 0.25) is 29.5 Å². The van der Waals surface area contributed by atoms with Gasteiger partial charge in [0.1, 0.15) is 36.0 Å². The first-order chi connectivity index (χ1) is 23.7. The molecule has 1 heterocycles. The van der Waals surface area contributed by atoms with E-state index in [2.05, 4.69) is 26.6 Å². The van der Waals surface area contributed by atoms with E-state index in [1.165, 1.54) is 12.1 Å². The van der Waals surface area contributed by atoms with Gasteiger partial charge in [-0.1, -0.05) is 38.1 Å². The number of carbonyl (C=O) groups excluding carboxylic acids is 5. The van der Waals surface area contributed by atoms with Crippen molar-refractivity contribution in [2.75, 3.05) is 13.1 Å². The number of hydrogen-bond acceptors (Lipinski definition) is 10. The number of aliphatic carboxylic acids is 1. The molecule has 1 aromatic rings. The standard InChI is InChI=1S/C34H54N8O8/c1-20(2)18-28(34(49)50)42-33(48)27(19-21-12-14-22(43)15-13-21)41-32(47)24-9-4-3-8-23(37)29(44)38-26(11-7-17-36)31(46)40-25(30(45)39-24)10-5-6-16-35/h3-4,12-15,20,23-28,43H,5-11,16-19,35-37H2,1-2H3,(H,38,44)(H,39,45)(H,40,46)(H,41,47)(H,42,48)(H,49,50)/b4-3+/t23-,24-,25-,26-,27-,28-/m0/s1. The molecule has 1 aliphatic rings. The van der Waals surface area contributed by atoms with Crippen molar-refractivity contribution in [2.24, 2.45) is 23.1 Å². The fraction of sp³-hybridized carbons (Fsp3) is 0.588. The molecule has 0 radical (unpaired) electrons. The Morgan fingerprint density at radius 1 is 0.820 bits per heavy atom. The second kappa shape index (κ2) is 21.5. The van der Waals surface area contributed by atoms with Crippen molar-refractivity contribution in [3.05, 3.63) is 42.0 Å². The molecule has 0 aliphatic carbocycles. The number of carbonyl (C=O) groups is 6. The lowest BCUT2D eigenvalue weighted by Gasteiger charge is -2.27. The van der Waals surface area contributed by atoms with Crippen LogP contribution in [0.1, 0.15) is 70.8 Å². The van der Waals surface area contributed by atoms with Gasteiger partial charge < -0.3 is 54.0 Å². The van der Waals surface area contributed by atoms with Crippen LogP contribution in [0.5, 0.6) is 5.75 Å². The Bertz CT molecular complexity index is 1320. The molecule has 0 aromatic heterocycles. The van der Waals surface area contributed by atoms with E-state index in [-0.39, 0.29) is 56.7 Å². The molecule has 1 aromatic carbocycles. The average Bonchev–Trinajstić information content (AvgIpc) is 3.06. The monoisotopic (exact) mass is 702 g/mol. The fourth-order valence-corrected chi connectivity index (χ4v) is 5.30. The van der Waals surface area contributed by atoms with Gasteiger partial charge in [-0.15, -0.1) is 0 Å². The van der Waals surface area contributed by atoms with Crippen LogP contribution < -0.4 is 43.8 Å². The fourth-order valence-electron chi connectivity index (χ4n) is 5.30. The predicted molar refractivity (Wildman–Crippen MR) is 186 cm³/mol. The Kier molecular flexibility index (Phi) is 17.9. The molecule has 1 aliphatic heterocycles. The number of nitrogens with two attached hydrogens (primary N) is 3. The van der Waals surface area contributed by atoms with Crippen LogP contribution in [0.2, 0.25) is 0 Å². The van der Waals surface area contributed by atoms with Crippen LogP contribution in [0.4, 0.5) is 0 Å². The Morgan fingerprint density at radius 2 is 1.40 bits per heavy atom. The SMILES string of the molecule is CC(C)C[C@H](NC(=O)[C@H](Cc1ccc(O)cc1)NC(=O)[C@@H]1C/C=C/C[C@H](N)C(=O)N[C@@H](CCCN)C(=O)N[C@@H](CCCCN)C(=O)N1)C(=O)O. The van der Waals surface area contributed by atoms with Crippen LogP contribution in [-0.2, 0) is 35.2 Å². The zero-order chi connectivity index (χ0) is 37.2. The minimum absolute atomic E-state index is 0.00750. The number of phenolic OH excluding ortho intramolecular Hbond substituents is 1. The second-order valence-corrected chi connectivity index (χ2v) is 12.9. The maximum atomic E-state index is 13.9. The third-order valence-corrected chi connectivity index (χ3v) is 8.14. The molecule has 0 saturated carbocycles. The molecule has 2 rings (SSSR count). The van der Waals surface area contributed by atoms with Crippen LogP contribution in [0.3, 0.4) is 0 Å². The summed E-state index contributed by atoms with van der Waals surface area (Å²) in [4.78, 5) is 79.2. The first-order valence-electron chi connectivity index (χ1n) is 17.1. The number of carboxylic acids is 1. The molecule has 0 bridgehead atoms. The number of aromatic hydroxyl groups is 1. The van der Waals surface area contributed by atoms with Gasteiger partial charge in [0.15, 0.2) is 0 Å². The second-order valence-electron chi connectivity index (χ2n) is 12.9. The number of nitrogens with one attached hydrogen (secondary N) is 5. The van der Waals surface area contributed by atoms with Crippen LogP contribution in [0.15, 0.2) is 36.4 Å². The Labute approximate surface area is 292 Å². The summed E-state index contributed by atoms with van der Waals surface area (Å²) in [6.07, 6.45) is 5.12. The predicted octanol–water partition coefficient (Wildman–Crippen LogP) is -0.965. The third-order valence-electron chi connectivity index (χ3n) is 8.14. The number of carboxylic acid groups (broad SMARTS) is 1. The zero-order valence-electron chi connectivity index (χ0n) is 28.9. The summed E-state index contributed by atoms with van der Waals surface area (Å²) >= 11 is 0. The third kappa shape index (κ3) is 14.5. The van der Waals surface area contributed by atoms with E-state index < -0.39 is 71.8 Å². The largest absolute Gasteiger partial charge is 0.508 e. The highest BCUT2D eigenvalue weighted by atomic mass is 16.4. The molecule has 5 amide bonds. The quantitative estimate of drug-likeness (QED) is 0.0739. The summed E-state index contributed by atoms with van der Waals surface area (Å²) in [7, 11) is 0. The highest BCUT2D eigenvalue weighted by molar-refractivity contribution is 5.96. The Hall–Kier alpha value is -4.54. The molecule has 16 nitrogen and oxygen atoms in total. The normalized spacial score (nSPS) is 22.2. The average molecular weight is 703 g/mol. The number of benzene rings is 1. The van der Waals surface area contributed by atoms with Crippen molar-refractivity contribution >= 4 is 35.5 Å². The van der Waals surface area contributed by atoms with E-state index >= 15 is 0 Å². The molecule has 0 unspecified atom stereocenters. The Morgan fingerprint density at radius 3 is 2.00 bits per heavy atom. The molecule has 50 heavy (non-hydrogen) atoms. The number of phenols is 1. The summed E-state index contributed by atoms with van der Waals surface area (Å²) < 4.78 is 0. The molecule has 13 N–H and O–H groups in total. The molecular formula is C34H54N8O8. The number of amides is 5. The van der Waals surface area contributed by atoms with Gasteiger partial charge in [0.05, 0.1) is 6.04 Å². The zero-order valence-corrected chi connectivity index (χ0v) is 28.9. The molecule has 278 valence electrons. The Balaban J connectivity index is 2.43. The van der Waals surface area contributed by atoms with E-state index in [0.29, 0.717) is 31.4 Å². The molecule has 0 saturated heterocycles. The lowest BCUT2D eigenvalue weighted by molar-refractivity contribution is -0.142. The molecular weight excluding hydrogens is 648 g/mol. The van der Waals surface area contributed by atoms with Crippen molar-refractivity contribution in [1.82, 2.24) is 26.6 Å². The summed E-state index contributed by atoms with van der Waals surface area (Å²) in [5.74, 6) is -4.64. The minimum atomic E-state index is -1.27. The lowest BCUT2D eigenvalue weighted by Crippen LogP contribution is -2.59. The van der Waals surface area contributed by atoms with Crippen LogP contribution in [0, 0.1) is 5.92 Å². The summed E-state index contributed by atoms with van der Waals surface area (Å²) in [6.45, 7) is 4.25. The first kappa shape index (κ1) is 41.6. The lowest BCUT2D eigenvalue weighted by atomic mass is 10.0. The first-order valence-corrected chi connectivity index (χ1v) is 17.1. The van der Waals surface area contributed by atoms with Crippen molar-refractivity contribution in [2.45, 2.75) is 108 Å². The van der Waals surface area contributed by atoms with Gasteiger partial charge in [0, 0.05) is 6.42 Å². The molecule has 16 heteroatoms. The van der Waals surface area contributed by atoms with Gasteiger partial charge in [-0.2, -0.15) is 0 Å². The highest BCUT2D eigenvalue weighted by Gasteiger charge is 2.33. The summed E-state index contributed by atoms with van der Waals surface area (Å²) in [6, 6.07) is -0.871. The number of unbranched alkanes of at least 4 members (excludes halogenated alkanes) is 1. The molecule has 0 fully saturated rings. The van der Waals surface area contributed by atoms with Crippen molar-refractivity contribution in [1.29, 1.82) is 0 Å². The van der Waals surface area contributed by atoms with Crippen LogP contribution in [-0.4, -0.2) is 95.1 Å². The van der Waals surface area contributed by atoms with Crippen molar-refractivity contribution in [3.8, 4) is 5.75 Å². The maximum absolute atomic E-state index is 13.9. The minimum Gasteiger partial charge on any atom is -0.508 e. The van der Waals surface area contributed by atoms with Gasteiger partial charge in [-0.05, 0) is 88.1 Å². The topological polar surface area (TPSA) is 281 Å². The number of rotatable bonds is 16. The van der Waals surface area contributed by atoms with Gasteiger partial charge in [-0.3, -0.25) is 24.0 Å². The summed E-state index contributed by atoms with van der Waals surface area (Å²) in [5.41, 5.74) is 17.9. The van der Waals surface area contributed by atoms with Gasteiger partial charge in [-0.25, -0.2) is 4.79 Å². The van der Waals surface area contributed by atoms with Crippen molar-refractivity contribution < 1.29 is 39.0 Å². The maximum Gasteiger partial charge on any atom is 0.326 e.